The highest BCUT2D eigenvalue weighted by Gasteiger charge is 2.34. The predicted octanol–water partition coefficient (Wildman–Crippen LogP) is 3.47. The highest BCUT2D eigenvalue weighted by Crippen LogP contribution is 2.40. The second kappa shape index (κ2) is 7.34. The van der Waals surface area contributed by atoms with Gasteiger partial charge in [0.05, 0.1) is 29.6 Å². The minimum absolute atomic E-state index is 0.102. The van der Waals surface area contributed by atoms with E-state index in [1.165, 1.54) is 18.9 Å². The summed E-state index contributed by atoms with van der Waals surface area (Å²) in [4.78, 5) is 29.4. The molecule has 26 heavy (non-hydrogen) atoms. The Bertz CT molecular complexity index is 923. The average molecular weight is 369 g/mol. The number of esters is 1. The minimum Gasteiger partial charge on any atom is -0.465 e. The SMILES string of the molecule is COC(=O)c1c(C(=O)CSc2ncccc2C#N)c(C)n(C2CC2)c1C. The zero-order chi connectivity index (χ0) is 18.8. The van der Waals surface area contributed by atoms with E-state index in [2.05, 4.69) is 15.6 Å². The number of ketones is 1. The van der Waals surface area contributed by atoms with Crippen LogP contribution >= 0.6 is 11.8 Å². The lowest BCUT2D eigenvalue weighted by molar-refractivity contribution is 0.0596. The van der Waals surface area contributed by atoms with Crippen molar-refractivity contribution in [3.05, 3.63) is 46.4 Å². The third kappa shape index (κ3) is 3.25. The van der Waals surface area contributed by atoms with Crippen molar-refractivity contribution in [2.45, 2.75) is 37.8 Å². The number of thioether (sulfide) groups is 1. The molecule has 0 aliphatic heterocycles. The van der Waals surface area contributed by atoms with E-state index in [4.69, 9.17) is 10.00 Å². The van der Waals surface area contributed by atoms with E-state index in [0.717, 1.165) is 24.2 Å². The smallest absolute Gasteiger partial charge is 0.340 e. The van der Waals surface area contributed by atoms with E-state index in [1.54, 1.807) is 18.3 Å². The molecule has 0 unspecified atom stereocenters. The molecular weight excluding hydrogens is 350 g/mol. The third-order valence-corrected chi connectivity index (χ3v) is 5.51. The summed E-state index contributed by atoms with van der Waals surface area (Å²) in [6.45, 7) is 3.73. The molecule has 0 radical (unpaired) electrons. The lowest BCUT2D eigenvalue weighted by atomic mass is 10.1. The van der Waals surface area contributed by atoms with Crippen molar-refractivity contribution in [1.29, 1.82) is 5.26 Å². The van der Waals surface area contributed by atoms with Crippen LogP contribution in [0.3, 0.4) is 0 Å². The first-order chi connectivity index (χ1) is 12.5. The molecule has 2 aromatic heterocycles. The maximum absolute atomic E-state index is 12.9. The van der Waals surface area contributed by atoms with Gasteiger partial charge in [0, 0.05) is 23.6 Å². The molecule has 7 heteroatoms. The lowest BCUT2D eigenvalue weighted by Crippen LogP contribution is -2.12. The highest BCUT2D eigenvalue weighted by molar-refractivity contribution is 8.00. The summed E-state index contributed by atoms with van der Waals surface area (Å²) in [5.41, 5.74) is 2.78. The molecule has 1 fully saturated rings. The number of nitrogens with zero attached hydrogens (tertiary/aromatic N) is 3. The number of pyridine rings is 1. The number of methoxy groups -OCH3 is 1. The standard InChI is InChI=1S/C19H19N3O3S/c1-11-16(15(23)10-26-18-13(9-20)5-4-8-21-18)17(19(24)25-3)12(2)22(11)14-6-7-14/h4-5,8,14H,6-7,10H2,1-3H3. The number of hydrogen-bond donors (Lipinski definition) is 0. The van der Waals surface area contributed by atoms with Gasteiger partial charge in [-0.25, -0.2) is 9.78 Å². The normalized spacial score (nSPS) is 13.3. The summed E-state index contributed by atoms with van der Waals surface area (Å²) in [6.07, 6.45) is 3.70. The number of carbonyl (C=O) groups is 2. The van der Waals surface area contributed by atoms with E-state index < -0.39 is 5.97 Å². The quantitative estimate of drug-likeness (QED) is 0.440. The molecule has 1 saturated carbocycles. The molecule has 0 N–H and O–H groups in total. The number of nitriles is 1. The van der Waals surface area contributed by atoms with E-state index in [1.807, 2.05) is 13.8 Å². The van der Waals surface area contributed by atoms with Crippen LogP contribution in [0.2, 0.25) is 0 Å². The number of Topliss-reactive ketones (excluding diaryl/α,β-unsaturated/α-hetero) is 1. The molecule has 6 nitrogen and oxygen atoms in total. The monoisotopic (exact) mass is 369 g/mol. The fraction of sp³-hybridized carbons (Fsp3) is 0.368. The second-order valence-corrected chi connectivity index (χ2v) is 7.16. The molecule has 0 amide bonds. The highest BCUT2D eigenvalue weighted by atomic mass is 32.2. The van der Waals surface area contributed by atoms with Crippen LogP contribution in [-0.4, -0.2) is 34.2 Å². The van der Waals surface area contributed by atoms with Gasteiger partial charge >= 0.3 is 5.97 Å². The van der Waals surface area contributed by atoms with Gasteiger partial charge in [0.1, 0.15) is 11.1 Å². The Kier molecular flexibility index (Phi) is 5.14. The van der Waals surface area contributed by atoms with Gasteiger partial charge in [-0.3, -0.25) is 4.79 Å². The van der Waals surface area contributed by atoms with Crippen molar-refractivity contribution in [3.8, 4) is 6.07 Å². The molecule has 0 aromatic carbocycles. The fourth-order valence-electron chi connectivity index (χ4n) is 3.22. The van der Waals surface area contributed by atoms with Crippen molar-refractivity contribution in [2.24, 2.45) is 0 Å². The van der Waals surface area contributed by atoms with Crippen LogP contribution in [0.5, 0.6) is 0 Å². The van der Waals surface area contributed by atoms with Gasteiger partial charge in [-0.1, -0.05) is 11.8 Å². The maximum atomic E-state index is 12.9. The average Bonchev–Trinajstić information content (AvgIpc) is 3.44. The first-order valence-corrected chi connectivity index (χ1v) is 9.29. The summed E-state index contributed by atoms with van der Waals surface area (Å²) >= 11 is 1.21. The van der Waals surface area contributed by atoms with Crippen LogP contribution in [0.15, 0.2) is 23.4 Å². The van der Waals surface area contributed by atoms with Crippen LogP contribution in [0.25, 0.3) is 0 Å². The molecule has 0 atom stereocenters. The molecule has 1 aliphatic carbocycles. The Balaban J connectivity index is 1.92. The molecule has 134 valence electrons. The Morgan fingerprint density at radius 3 is 2.65 bits per heavy atom. The molecule has 2 heterocycles. The van der Waals surface area contributed by atoms with Gasteiger partial charge < -0.3 is 9.30 Å². The maximum Gasteiger partial charge on any atom is 0.340 e. The Morgan fingerprint density at radius 1 is 1.35 bits per heavy atom. The Hall–Kier alpha value is -2.59. The molecule has 0 bridgehead atoms. The van der Waals surface area contributed by atoms with Crippen LogP contribution in [0.4, 0.5) is 0 Å². The van der Waals surface area contributed by atoms with Crippen LogP contribution < -0.4 is 0 Å². The summed E-state index contributed by atoms with van der Waals surface area (Å²) in [5.74, 6) is -0.552. The zero-order valence-corrected chi connectivity index (χ0v) is 15.7. The Labute approximate surface area is 156 Å². The van der Waals surface area contributed by atoms with E-state index >= 15 is 0 Å². The van der Waals surface area contributed by atoms with Crippen LogP contribution in [0, 0.1) is 25.2 Å². The van der Waals surface area contributed by atoms with Gasteiger partial charge in [-0.15, -0.1) is 0 Å². The zero-order valence-electron chi connectivity index (χ0n) is 14.9. The van der Waals surface area contributed by atoms with Gasteiger partial charge in [0.2, 0.25) is 0 Å². The number of ether oxygens (including phenoxy) is 1. The number of rotatable bonds is 6. The van der Waals surface area contributed by atoms with Gasteiger partial charge in [-0.2, -0.15) is 5.26 Å². The summed E-state index contributed by atoms with van der Waals surface area (Å²) in [7, 11) is 1.32. The van der Waals surface area contributed by atoms with E-state index in [0.29, 0.717) is 27.8 Å². The predicted molar refractivity (Wildman–Crippen MR) is 97.5 cm³/mol. The largest absolute Gasteiger partial charge is 0.465 e. The molecule has 2 aromatic rings. The minimum atomic E-state index is -0.492. The van der Waals surface area contributed by atoms with Gasteiger partial charge in [-0.05, 0) is 38.8 Å². The van der Waals surface area contributed by atoms with Gasteiger partial charge in [0.25, 0.3) is 0 Å². The molecule has 1 aliphatic rings. The van der Waals surface area contributed by atoms with Crippen molar-refractivity contribution in [1.82, 2.24) is 9.55 Å². The molecule has 0 saturated heterocycles. The third-order valence-electron chi connectivity index (χ3n) is 4.51. The van der Waals surface area contributed by atoms with Crippen molar-refractivity contribution in [3.63, 3.8) is 0 Å². The molecule has 0 spiro atoms. The van der Waals surface area contributed by atoms with Crippen molar-refractivity contribution in [2.75, 3.05) is 12.9 Å². The second-order valence-electron chi connectivity index (χ2n) is 6.19. The number of aromatic nitrogens is 2. The van der Waals surface area contributed by atoms with E-state index in [-0.39, 0.29) is 11.5 Å². The fourth-order valence-corrected chi connectivity index (χ4v) is 4.04. The Morgan fingerprint density at radius 2 is 2.04 bits per heavy atom. The number of carbonyl (C=O) groups excluding carboxylic acids is 2. The molecular formula is C19H19N3O3S. The van der Waals surface area contributed by atoms with Crippen molar-refractivity contribution >= 4 is 23.5 Å². The summed E-state index contributed by atoms with van der Waals surface area (Å²) in [6, 6.07) is 5.78. The van der Waals surface area contributed by atoms with E-state index in [9.17, 15) is 9.59 Å². The van der Waals surface area contributed by atoms with Gasteiger partial charge in [0.15, 0.2) is 5.78 Å². The van der Waals surface area contributed by atoms with Crippen LogP contribution in [-0.2, 0) is 4.74 Å². The molecule has 3 rings (SSSR count). The summed E-state index contributed by atoms with van der Waals surface area (Å²) in [5, 5.41) is 9.66. The lowest BCUT2D eigenvalue weighted by Gasteiger charge is -2.07. The number of hydrogen-bond acceptors (Lipinski definition) is 6. The van der Waals surface area contributed by atoms with Crippen molar-refractivity contribution < 1.29 is 14.3 Å². The summed E-state index contributed by atoms with van der Waals surface area (Å²) < 4.78 is 6.98. The first-order valence-electron chi connectivity index (χ1n) is 8.30. The topological polar surface area (TPSA) is 85.0 Å². The first kappa shape index (κ1) is 18.2. The van der Waals surface area contributed by atoms with Crippen LogP contribution in [0.1, 0.15) is 56.6 Å².